The van der Waals surface area contributed by atoms with Gasteiger partial charge in [-0.2, -0.15) is 23.5 Å². The van der Waals surface area contributed by atoms with Gasteiger partial charge in [-0.1, -0.05) is 0 Å². The topological polar surface area (TPSA) is 103 Å². The van der Waals surface area contributed by atoms with Crippen molar-refractivity contribution in [3.05, 3.63) is 59.4 Å². The summed E-state index contributed by atoms with van der Waals surface area (Å²) in [6.45, 7) is 0. The van der Waals surface area contributed by atoms with Crippen molar-refractivity contribution >= 4 is 16.6 Å². The van der Waals surface area contributed by atoms with Gasteiger partial charge in [-0.25, -0.2) is 4.98 Å². The second-order valence-corrected chi connectivity index (χ2v) is 7.31. The Morgan fingerprint density at radius 2 is 2.13 bits per heavy atom. The van der Waals surface area contributed by atoms with Crippen molar-refractivity contribution in [1.82, 2.24) is 20.2 Å². The van der Waals surface area contributed by atoms with Crippen molar-refractivity contribution in [2.24, 2.45) is 0 Å². The molecule has 0 saturated carbocycles. The first-order valence-electron chi connectivity index (χ1n) is 9.58. The minimum atomic E-state index is -4.61. The van der Waals surface area contributed by atoms with Crippen LogP contribution in [0.2, 0.25) is 0 Å². The minimum Gasteiger partial charge on any atom is -0.442 e. The Morgan fingerprint density at radius 1 is 1.26 bits per heavy atom. The fraction of sp³-hybridized carbons (Fsp3) is 0.238. The fourth-order valence-electron chi connectivity index (χ4n) is 4.11. The van der Waals surface area contributed by atoms with Gasteiger partial charge in [0.25, 0.3) is 0 Å². The first-order chi connectivity index (χ1) is 15.0. The highest BCUT2D eigenvalue weighted by Gasteiger charge is 2.39. The molecule has 4 aromatic rings. The number of aromatic amines is 1. The Kier molecular flexibility index (Phi) is 4.39. The number of anilines is 1. The lowest BCUT2D eigenvalue weighted by molar-refractivity contribution is -0.138. The molecule has 1 unspecified atom stereocenters. The summed E-state index contributed by atoms with van der Waals surface area (Å²) in [5.41, 5.74) is 1.22. The maximum Gasteiger partial charge on any atom is 0.418 e. The summed E-state index contributed by atoms with van der Waals surface area (Å²) in [7, 11) is 0. The molecule has 156 valence electrons. The Labute approximate surface area is 173 Å². The zero-order chi connectivity index (χ0) is 21.6. The number of hydrogen-bond acceptors (Lipinski definition) is 6. The van der Waals surface area contributed by atoms with Gasteiger partial charge in [0.15, 0.2) is 12.2 Å². The second kappa shape index (κ2) is 7.12. The summed E-state index contributed by atoms with van der Waals surface area (Å²) in [5.74, 6) is 0.506. The summed E-state index contributed by atoms with van der Waals surface area (Å²) >= 11 is 0. The number of oxazole rings is 1. The first kappa shape index (κ1) is 19.1. The highest BCUT2D eigenvalue weighted by molar-refractivity contribution is 5.93. The Hall–Kier alpha value is -3.87. The Morgan fingerprint density at radius 3 is 2.87 bits per heavy atom. The molecule has 10 heteroatoms. The van der Waals surface area contributed by atoms with E-state index in [1.807, 2.05) is 18.2 Å². The van der Waals surface area contributed by atoms with Crippen LogP contribution in [-0.2, 0) is 12.6 Å². The maximum atomic E-state index is 13.7. The molecule has 0 bridgehead atoms. The van der Waals surface area contributed by atoms with Crippen LogP contribution in [0.3, 0.4) is 0 Å². The van der Waals surface area contributed by atoms with Gasteiger partial charge < -0.3 is 9.73 Å². The van der Waals surface area contributed by atoms with Gasteiger partial charge in [0, 0.05) is 17.3 Å². The summed E-state index contributed by atoms with van der Waals surface area (Å²) in [4.78, 5) is 8.13. The van der Waals surface area contributed by atoms with Gasteiger partial charge in [-0.05, 0) is 43.0 Å². The Balaban J connectivity index is 1.53. The molecule has 1 atom stereocenters. The highest BCUT2D eigenvalue weighted by Crippen LogP contribution is 2.41. The maximum absolute atomic E-state index is 13.7. The average Bonchev–Trinajstić information content (AvgIpc) is 3.41. The minimum absolute atomic E-state index is 0.0991. The van der Waals surface area contributed by atoms with E-state index in [1.165, 1.54) is 6.39 Å². The zero-order valence-electron chi connectivity index (χ0n) is 16.0. The zero-order valence-corrected chi connectivity index (χ0v) is 16.0. The largest absolute Gasteiger partial charge is 0.442 e. The van der Waals surface area contributed by atoms with Gasteiger partial charge in [0.2, 0.25) is 0 Å². The predicted molar refractivity (Wildman–Crippen MR) is 105 cm³/mol. The number of nitriles is 1. The van der Waals surface area contributed by atoms with Gasteiger partial charge in [0.05, 0.1) is 34.6 Å². The van der Waals surface area contributed by atoms with E-state index < -0.39 is 23.3 Å². The van der Waals surface area contributed by atoms with Crippen molar-refractivity contribution in [1.29, 1.82) is 5.26 Å². The van der Waals surface area contributed by atoms with E-state index in [0.717, 1.165) is 17.1 Å². The molecule has 1 aliphatic carbocycles. The Bertz CT molecular complexity index is 1300. The predicted octanol–water partition coefficient (Wildman–Crippen LogP) is 4.99. The van der Waals surface area contributed by atoms with Crippen LogP contribution in [0.4, 0.5) is 18.9 Å². The molecule has 0 fully saturated rings. The number of benzene rings is 1. The van der Waals surface area contributed by atoms with Crippen molar-refractivity contribution in [2.75, 3.05) is 5.32 Å². The second-order valence-electron chi connectivity index (χ2n) is 7.31. The van der Waals surface area contributed by atoms with E-state index in [0.29, 0.717) is 35.7 Å². The summed E-state index contributed by atoms with van der Waals surface area (Å²) < 4.78 is 46.3. The average molecular weight is 424 g/mol. The lowest BCUT2D eigenvalue weighted by Crippen LogP contribution is -2.24. The van der Waals surface area contributed by atoms with Crippen molar-refractivity contribution < 1.29 is 17.6 Å². The summed E-state index contributed by atoms with van der Waals surface area (Å²) in [6, 6.07) is 6.74. The first-order valence-corrected chi connectivity index (χ1v) is 9.58. The van der Waals surface area contributed by atoms with E-state index in [4.69, 9.17) is 9.68 Å². The van der Waals surface area contributed by atoms with Crippen LogP contribution in [0, 0.1) is 11.3 Å². The summed E-state index contributed by atoms with van der Waals surface area (Å²) in [6.07, 6.45) is 0.702. The van der Waals surface area contributed by atoms with Crippen LogP contribution in [0.5, 0.6) is 0 Å². The molecule has 7 nitrogen and oxygen atoms in total. The number of pyridine rings is 1. The number of hydrogen-bond donors (Lipinski definition) is 2. The van der Waals surface area contributed by atoms with Gasteiger partial charge in [-0.3, -0.25) is 10.1 Å². The molecule has 5 rings (SSSR count). The molecule has 0 radical (unpaired) electrons. The molecule has 0 saturated heterocycles. The highest BCUT2D eigenvalue weighted by atomic mass is 19.4. The van der Waals surface area contributed by atoms with E-state index in [1.54, 1.807) is 12.3 Å². The van der Waals surface area contributed by atoms with Crippen molar-refractivity contribution in [2.45, 2.75) is 31.5 Å². The molecule has 31 heavy (non-hydrogen) atoms. The van der Waals surface area contributed by atoms with Gasteiger partial charge in [-0.15, -0.1) is 0 Å². The number of nitrogens with zero attached hydrogens (tertiary/aromatic N) is 4. The number of fused-ring (bicyclic) bond motifs is 2. The number of rotatable bonds is 3. The van der Waals surface area contributed by atoms with Gasteiger partial charge in [0.1, 0.15) is 11.8 Å². The van der Waals surface area contributed by atoms with E-state index >= 15 is 0 Å². The van der Waals surface area contributed by atoms with E-state index in [9.17, 15) is 13.2 Å². The quantitative estimate of drug-likeness (QED) is 0.480. The molecule has 2 N–H and O–H groups in total. The SMILES string of the molecule is N#Cc1cnc2c(c1C(F)(F)F)CCCC2Nc1ccc2[nH]nc(-c3cnco3)c2c1. The third-order valence-corrected chi connectivity index (χ3v) is 5.44. The van der Waals surface area contributed by atoms with Crippen LogP contribution < -0.4 is 5.32 Å². The molecular formula is C21H15F3N6O. The fourth-order valence-corrected chi connectivity index (χ4v) is 4.11. The monoisotopic (exact) mass is 424 g/mol. The lowest BCUT2D eigenvalue weighted by atomic mass is 9.87. The molecule has 0 spiro atoms. The van der Waals surface area contributed by atoms with Gasteiger partial charge >= 0.3 is 6.18 Å². The van der Waals surface area contributed by atoms with E-state index in [2.05, 4.69) is 25.5 Å². The molecular weight excluding hydrogens is 409 g/mol. The van der Waals surface area contributed by atoms with Crippen molar-refractivity contribution in [3.8, 4) is 17.5 Å². The van der Waals surface area contributed by atoms with Crippen LogP contribution in [0.15, 0.2) is 41.4 Å². The lowest BCUT2D eigenvalue weighted by Gasteiger charge is -2.28. The third-order valence-electron chi connectivity index (χ3n) is 5.44. The number of halogens is 3. The van der Waals surface area contributed by atoms with Crippen molar-refractivity contribution in [3.63, 3.8) is 0 Å². The number of H-pyrrole nitrogens is 1. The molecule has 1 aromatic carbocycles. The summed E-state index contributed by atoms with van der Waals surface area (Å²) in [5, 5.41) is 20.4. The molecule has 1 aliphatic rings. The molecule has 0 aliphatic heterocycles. The van der Waals surface area contributed by atoms with Crippen LogP contribution in [0.25, 0.3) is 22.4 Å². The molecule has 0 amide bonds. The van der Waals surface area contributed by atoms with Crippen LogP contribution >= 0.6 is 0 Å². The number of nitrogens with one attached hydrogen (secondary N) is 2. The van der Waals surface area contributed by atoms with E-state index in [-0.39, 0.29) is 12.0 Å². The molecule has 3 aromatic heterocycles. The van der Waals surface area contributed by atoms with Crippen LogP contribution in [0.1, 0.15) is 41.3 Å². The smallest absolute Gasteiger partial charge is 0.418 e. The normalized spacial score (nSPS) is 16.1. The third kappa shape index (κ3) is 3.28. The molecule has 3 heterocycles. The standard InChI is InChI=1S/C21H15F3N6O/c22-21(23,24)18-11(7-25)8-27-19-13(18)2-1-3-16(19)28-12-4-5-15-14(6-12)20(30-29-15)17-9-26-10-31-17/h4-6,8-10,16,28H,1-3H2,(H,29,30). The number of alkyl halides is 3. The number of aromatic nitrogens is 4. The van der Waals surface area contributed by atoms with Crippen LogP contribution in [-0.4, -0.2) is 20.2 Å².